The van der Waals surface area contributed by atoms with E-state index >= 15 is 0 Å². The molecule has 0 unspecified atom stereocenters. The predicted molar refractivity (Wildman–Crippen MR) is 61.9 cm³/mol. The van der Waals surface area contributed by atoms with Crippen LogP contribution in [-0.4, -0.2) is 18.8 Å². The van der Waals surface area contributed by atoms with Crippen molar-refractivity contribution in [2.75, 3.05) is 6.54 Å². The highest BCUT2D eigenvalue weighted by atomic mass is 35.6. The third kappa shape index (κ3) is 4.57. The maximum absolute atomic E-state index is 11.6. The molecule has 0 aliphatic heterocycles. The third-order valence-corrected chi connectivity index (χ3v) is 3.33. The summed E-state index contributed by atoms with van der Waals surface area (Å²) < 4.78 is 23.7. The Balaban J connectivity index is 2.78. The molecule has 0 bridgehead atoms. The largest absolute Gasteiger partial charge is 0.240 e. The van der Waals surface area contributed by atoms with Crippen LogP contribution in [0.5, 0.6) is 0 Å². The lowest BCUT2D eigenvalue weighted by Crippen LogP contribution is -2.32. The Morgan fingerprint density at radius 2 is 1.67 bits per heavy atom. The van der Waals surface area contributed by atoms with Gasteiger partial charge in [-0.3, -0.25) is 0 Å². The summed E-state index contributed by atoms with van der Waals surface area (Å²) in [6.07, 6.45) is 0. The quantitative estimate of drug-likeness (QED) is 0.868. The van der Waals surface area contributed by atoms with Crippen LogP contribution in [0.2, 0.25) is 0 Å². The molecule has 1 aromatic rings. The first kappa shape index (κ1) is 13.1. The van der Waals surface area contributed by atoms with Gasteiger partial charge in [0.25, 0.3) is 0 Å². The molecule has 0 aliphatic rings. The minimum atomic E-state index is -3.60. The second-order valence-electron chi connectivity index (χ2n) is 2.75. The molecule has 0 aliphatic carbocycles. The Morgan fingerprint density at radius 1 is 1.13 bits per heavy atom. The summed E-state index contributed by atoms with van der Waals surface area (Å²) in [6, 6.07) is 7.86. The Morgan fingerprint density at radius 3 is 2.13 bits per heavy atom. The van der Waals surface area contributed by atoms with Crippen LogP contribution in [-0.2, 0) is 10.0 Å². The Hall–Kier alpha value is -0.000000000000000222. The average Bonchev–Trinajstić information content (AvgIpc) is 2.16. The van der Waals surface area contributed by atoms with E-state index < -0.39 is 13.8 Å². The van der Waals surface area contributed by atoms with Gasteiger partial charge in [-0.25, -0.2) is 13.1 Å². The highest BCUT2D eigenvalue weighted by Crippen LogP contribution is 2.25. The van der Waals surface area contributed by atoms with Crippen molar-refractivity contribution < 1.29 is 8.42 Å². The zero-order valence-electron chi connectivity index (χ0n) is 7.45. The van der Waals surface area contributed by atoms with Gasteiger partial charge in [-0.05, 0) is 12.1 Å². The van der Waals surface area contributed by atoms with E-state index in [2.05, 4.69) is 4.72 Å². The van der Waals surface area contributed by atoms with Gasteiger partial charge in [0.2, 0.25) is 13.8 Å². The van der Waals surface area contributed by atoms with Crippen molar-refractivity contribution in [3.8, 4) is 0 Å². The SMILES string of the molecule is O=S(=O)(NCC(Cl)(Cl)Cl)c1ccccc1. The smallest absolute Gasteiger partial charge is 0.207 e. The molecule has 1 rings (SSSR count). The molecule has 0 heterocycles. The van der Waals surface area contributed by atoms with Crippen LogP contribution in [0, 0.1) is 0 Å². The van der Waals surface area contributed by atoms with Crippen LogP contribution in [0.15, 0.2) is 35.2 Å². The highest BCUT2D eigenvalue weighted by Gasteiger charge is 2.23. The molecule has 7 heteroatoms. The van der Waals surface area contributed by atoms with Gasteiger partial charge in [0.15, 0.2) is 0 Å². The van der Waals surface area contributed by atoms with Crippen molar-refractivity contribution in [3.05, 3.63) is 30.3 Å². The number of nitrogens with one attached hydrogen (secondary N) is 1. The predicted octanol–water partition coefficient (Wildman–Crippen LogP) is 2.34. The Kier molecular flexibility index (Phi) is 4.26. The van der Waals surface area contributed by atoms with E-state index in [4.69, 9.17) is 34.8 Å². The lowest BCUT2D eigenvalue weighted by molar-refractivity contribution is 0.582. The van der Waals surface area contributed by atoms with Gasteiger partial charge in [0, 0.05) is 0 Å². The monoisotopic (exact) mass is 287 g/mol. The summed E-state index contributed by atoms with van der Waals surface area (Å²) in [6.45, 7) is -0.269. The minimum absolute atomic E-state index is 0.138. The van der Waals surface area contributed by atoms with E-state index in [0.717, 1.165) is 0 Å². The topological polar surface area (TPSA) is 46.2 Å². The summed E-state index contributed by atoms with van der Waals surface area (Å²) in [7, 11) is -3.60. The fourth-order valence-corrected chi connectivity index (χ4v) is 2.39. The van der Waals surface area contributed by atoms with Crippen molar-refractivity contribution in [2.45, 2.75) is 8.69 Å². The molecular weight excluding hydrogens is 281 g/mol. The van der Waals surface area contributed by atoms with Gasteiger partial charge in [-0.1, -0.05) is 53.0 Å². The number of rotatable bonds is 3. The summed E-state index contributed by atoms with van der Waals surface area (Å²) in [5.41, 5.74) is 0. The second kappa shape index (κ2) is 4.89. The van der Waals surface area contributed by atoms with E-state index in [-0.39, 0.29) is 11.4 Å². The lowest BCUT2D eigenvalue weighted by atomic mass is 10.4. The number of alkyl halides is 3. The highest BCUT2D eigenvalue weighted by molar-refractivity contribution is 7.89. The van der Waals surface area contributed by atoms with Crippen LogP contribution >= 0.6 is 34.8 Å². The molecule has 0 aromatic heterocycles. The van der Waals surface area contributed by atoms with E-state index in [1.165, 1.54) is 12.1 Å². The van der Waals surface area contributed by atoms with Gasteiger partial charge < -0.3 is 0 Å². The molecule has 0 fully saturated rings. The molecule has 0 radical (unpaired) electrons. The van der Waals surface area contributed by atoms with E-state index in [1.807, 2.05) is 0 Å². The number of halogens is 3. The molecule has 15 heavy (non-hydrogen) atoms. The van der Waals surface area contributed by atoms with Crippen LogP contribution in [0.1, 0.15) is 0 Å². The summed E-state index contributed by atoms with van der Waals surface area (Å²) in [5.74, 6) is 0. The molecule has 84 valence electrons. The van der Waals surface area contributed by atoms with Gasteiger partial charge >= 0.3 is 0 Å². The molecule has 0 amide bonds. The van der Waals surface area contributed by atoms with E-state index in [0.29, 0.717) is 0 Å². The van der Waals surface area contributed by atoms with Crippen molar-refractivity contribution in [1.82, 2.24) is 4.72 Å². The summed E-state index contributed by atoms with van der Waals surface area (Å²) >= 11 is 16.3. The lowest BCUT2D eigenvalue weighted by Gasteiger charge is -2.12. The average molecular weight is 289 g/mol. The molecule has 0 spiro atoms. The summed E-state index contributed by atoms with van der Waals surface area (Å²) in [4.78, 5) is 0.138. The van der Waals surface area contributed by atoms with Crippen LogP contribution in [0.3, 0.4) is 0 Å². The van der Waals surface area contributed by atoms with Gasteiger partial charge in [0.05, 0.1) is 11.4 Å². The number of benzene rings is 1. The van der Waals surface area contributed by atoms with E-state index in [9.17, 15) is 8.42 Å². The molecule has 1 N–H and O–H groups in total. The second-order valence-corrected chi connectivity index (χ2v) is 7.04. The fraction of sp³-hybridized carbons (Fsp3) is 0.250. The zero-order chi connectivity index (χ0) is 11.5. The van der Waals surface area contributed by atoms with Gasteiger partial charge in [0.1, 0.15) is 0 Å². The van der Waals surface area contributed by atoms with Crippen LogP contribution in [0.25, 0.3) is 0 Å². The standard InChI is InChI=1S/C8H8Cl3NO2S/c9-8(10,11)6-12-15(13,14)7-4-2-1-3-5-7/h1-5,12H,6H2. The van der Waals surface area contributed by atoms with Gasteiger partial charge in [-0.15, -0.1) is 0 Å². The molecule has 0 atom stereocenters. The van der Waals surface area contributed by atoms with Crippen LogP contribution < -0.4 is 4.72 Å². The first-order chi connectivity index (χ1) is 6.81. The van der Waals surface area contributed by atoms with Crippen LogP contribution in [0.4, 0.5) is 0 Å². The molecular formula is C8H8Cl3NO2S. The Labute approximate surface area is 103 Å². The summed E-state index contributed by atoms with van der Waals surface area (Å²) in [5, 5.41) is 0. The van der Waals surface area contributed by atoms with Crippen molar-refractivity contribution in [2.24, 2.45) is 0 Å². The Bertz CT molecular complexity index is 413. The molecule has 1 aromatic carbocycles. The maximum Gasteiger partial charge on any atom is 0.240 e. The number of hydrogen-bond acceptors (Lipinski definition) is 2. The van der Waals surface area contributed by atoms with E-state index in [1.54, 1.807) is 18.2 Å². The zero-order valence-corrected chi connectivity index (χ0v) is 10.5. The number of hydrogen-bond donors (Lipinski definition) is 1. The molecule has 3 nitrogen and oxygen atoms in total. The van der Waals surface area contributed by atoms with Crippen molar-refractivity contribution >= 4 is 44.8 Å². The first-order valence-electron chi connectivity index (χ1n) is 3.93. The first-order valence-corrected chi connectivity index (χ1v) is 6.54. The van der Waals surface area contributed by atoms with Gasteiger partial charge in [-0.2, -0.15) is 0 Å². The normalized spacial score (nSPS) is 12.7. The van der Waals surface area contributed by atoms with Crippen molar-refractivity contribution in [3.63, 3.8) is 0 Å². The molecule has 0 saturated carbocycles. The minimum Gasteiger partial charge on any atom is -0.207 e. The maximum atomic E-state index is 11.6. The molecule has 0 saturated heterocycles. The third-order valence-electron chi connectivity index (χ3n) is 1.52. The number of sulfonamides is 1. The van der Waals surface area contributed by atoms with Crippen molar-refractivity contribution in [1.29, 1.82) is 0 Å². The fourth-order valence-electron chi connectivity index (χ4n) is 0.860.